The number of nitrogens with one attached hydrogen (secondary N) is 1. The zero-order chi connectivity index (χ0) is 16.0. The molecule has 1 unspecified atom stereocenters. The second kappa shape index (κ2) is 7.81. The van der Waals surface area contributed by atoms with Gasteiger partial charge < -0.3 is 10.4 Å². The summed E-state index contributed by atoms with van der Waals surface area (Å²) in [6.45, 7) is 6.16. The van der Waals surface area contributed by atoms with Crippen LogP contribution >= 0.6 is 0 Å². The van der Waals surface area contributed by atoms with Gasteiger partial charge in [-0.1, -0.05) is 6.92 Å². The maximum absolute atomic E-state index is 11.8. The molecule has 0 saturated carbocycles. The van der Waals surface area contributed by atoms with Crippen LogP contribution in [0.3, 0.4) is 0 Å². The highest BCUT2D eigenvalue weighted by Crippen LogP contribution is 2.13. The van der Waals surface area contributed by atoms with Gasteiger partial charge in [0.1, 0.15) is 0 Å². The number of nitrogens with zero attached hydrogens (tertiary/aromatic N) is 2. The molecule has 1 atom stereocenters. The SMILES string of the molecule is Cc1nn(C)c(C)c1CCC(=O)NCCCC(C)C(=O)O. The van der Waals surface area contributed by atoms with Crippen molar-refractivity contribution in [3.05, 3.63) is 17.0 Å². The van der Waals surface area contributed by atoms with Gasteiger partial charge in [0.05, 0.1) is 11.6 Å². The molecule has 1 aromatic rings. The summed E-state index contributed by atoms with van der Waals surface area (Å²) < 4.78 is 1.83. The number of aryl methyl sites for hydroxylation is 2. The van der Waals surface area contributed by atoms with E-state index in [2.05, 4.69) is 10.4 Å². The van der Waals surface area contributed by atoms with Crippen molar-refractivity contribution in [2.24, 2.45) is 13.0 Å². The van der Waals surface area contributed by atoms with Crippen LogP contribution in [0, 0.1) is 19.8 Å². The third-order valence-corrected chi connectivity index (χ3v) is 3.82. The predicted molar refractivity (Wildman–Crippen MR) is 80.0 cm³/mol. The number of hydrogen-bond acceptors (Lipinski definition) is 3. The van der Waals surface area contributed by atoms with Gasteiger partial charge in [0.15, 0.2) is 0 Å². The maximum atomic E-state index is 11.8. The van der Waals surface area contributed by atoms with Crippen LogP contribution in [0.1, 0.15) is 43.1 Å². The average molecular weight is 295 g/mol. The number of rotatable bonds is 8. The van der Waals surface area contributed by atoms with Crippen molar-refractivity contribution in [1.82, 2.24) is 15.1 Å². The van der Waals surface area contributed by atoms with Gasteiger partial charge in [-0.25, -0.2) is 0 Å². The average Bonchev–Trinajstić information content (AvgIpc) is 2.66. The minimum absolute atomic E-state index is 0.000584. The van der Waals surface area contributed by atoms with Gasteiger partial charge >= 0.3 is 5.97 Å². The largest absolute Gasteiger partial charge is 0.481 e. The Morgan fingerprint density at radius 1 is 1.38 bits per heavy atom. The smallest absolute Gasteiger partial charge is 0.306 e. The van der Waals surface area contributed by atoms with Crippen LogP contribution in [-0.4, -0.2) is 33.3 Å². The Hall–Kier alpha value is -1.85. The fraction of sp³-hybridized carbons (Fsp3) is 0.667. The molecule has 0 fully saturated rings. The Morgan fingerprint density at radius 2 is 2.05 bits per heavy atom. The van der Waals surface area contributed by atoms with Crippen molar-refractivity contribution >= 4 is 11.9 Å². The molecule has 1 heterocycles. The molecule has 0 bridgehead atoms. The summed E-state index contributed by atoms with van der Waals surface area (Å²) in [5.41, 5.74) is 3.20. The summed E-state index contributed by atoms with van der Waals surface area (Å²) in [5, 5.41) is 15.9. The van der Waals surface area contributed by atoms with Crippen molar-refractivity contribution in [1.29, 1.82) is 0 Å². The first-order chi connectivity index (χ1) is 9.82. The zero-order valence-electron chi connectivity index (χ0n) is 13.3. The summed E-state index contributed by atoms with van der Waals surface area (Å²) >= 11 is 0. The lowest BCUT2D eigenvalue weighted by atomic mass is 10.1. The second-order valence-electron chi connectivity index (χ2n) is 5.50. The summed E-state index contributed by atoms with van der Waals surface area (Å²) in [4.78, 5) is 22.4. The van der Waals surface area contributed by atoms with E-state index in [0.29, 0.717) is 32.2 Å². The van der Waals surface area contributed by atoms with E-state index in [1.165, 1.54) is 0 Å². The maximum Gasteiger partial charge on any atom is 0.306 e. The van der Waals surface area contributed by atoms with Gasteiger partial charge in [-0.2, -0.15) is 5.10 Å². The first-order valence-corrected chi connectivity index (χ1v) is 7.31. The Morgan fingerprint density at radius 3 is 2.57 bits per heavy atom. The van der Waals surface area contributed by atoms with Gasteiger partial charge in [0.25, 0.3) is 0 Å². The molecule has 118 valence electrons. The molecule has 0 aliphatic carbocycles. The lowest BCUT2D eigenvalue weighted by Gasteiger charge is -2.07. The molecule has 0 aliphatic rings. The van der Waals surface area contributed by atoms with Crippen molar-refractivity contribution in [3.63, 3.8) is 0 Å². The number of carbonyl (C=O) groups excluding carboxylic acids is 1. The molecular formula is C15H25N3O3. The lowest BCUT2D eigenvalue weighted by Crippen LogP contribution is -2.25. The van der Waals surface area contributed by atoms with E-state index in [-0.39, 0.29) is 11.8 Å². The van der Waals surface area contributed by atoms with Crippen LogP contribution in [0.4, 0.5) is 0 Å². The number of aromatic nitrogens is 2. The molecule has 1 amide bonds. The lowest BCUT2D eigenvalue weighted by molar-refractivity contribution is -0.141. The van der Waals surface area contributed by atoms with E-state index in [4.69, 9.17) is 5.11 Å². The highest BCUT2D eigenvalue weighted by Gasteiger charge is 2.12. The third kappa shape index (κ3) is 5.21. The van der Waals surface area contributed by atoms with E-state index < -0.39 is 5.97 Å². The van der Waals surface area contributed by atoms with Crippen LogP contribution in [0.15, 0.2) is 0 Å². The van der Waals surface area contributed by atoms with Gasteiger partial charge in [-0.05, 0) is 38.7 Å². The van der Waals surface area contributed by atoms with Crippen LogP contribution in [0.5, 0.6) is 0 Å². The van der Waals surface area contributed by atoms with E-state index in [9.17, 15) is 9.59 Å². The first kappa shape index (κ1) is 17.2. The fourth-order valence-electron chi connectivity index (χ4n) is 2.27. The van der Waals surface area contributed by atoms with E-state index in [1.54, 1.807) is 6.92 Å². The zero-order valence-corrected chi connectivity index (χ0v) is 13.3. The van der Waals surface area contributed by atoms with Crippen molar-refractivity contribution in [2.45, 2.75) is 46.5 Å². The van der Waals surface area contributed by atoms with Crippen molar-refractivity contribution in [2.75, 3.05) is 6.54 Å². The molecule has 0 aromatic carbocycles. The summed E-state index contributed by atoms with van der Waals surface area (Å²) in [5.74, 6) is -1.15. The number of carboxylic acid groups (broad SMARTS) is 1. The first-order valence-electron chi connectivity index (χ1n) is 7.31. The standard InChI is InChI=1S/C15H25N3O3/c1-10(15(20)21)6-5-9-16-14(19)8-7-13-11(2)17-18(4)12(13)3/h10H,5-9H2,1-4H3,(H,16,19)(H,20,21). The molecular weight excluding hydrogens is 270 g/mol. The predicted octanol–water partition coefficient (Wildman–Crippen LogP) is 1.59. The van der Waals surface area contributed by atoms with Gasteiger partial charge in [0.2, 0.25) is 5.91 Å². The summed E-state index contributed by atoms with van der Waals surface area (Å²) in [6.07, 6.45) is 2.38. The molecule has 1 rings (SSSR count). The normalized spacial score (nSPS) is 12.2. The van der Waals surface area contributed by atoms with Crippen LogP contribution in [0.2, 0.25) is 0 Å². The van der Waals surface area contributed by atoms with Gasteiger partial charge in [0, 0.05) is 25.7 Å². The minimum atomic E-state index is -0.788. The monoisotopic (exact) mass is 295 g/mol. The molecule has 0 radical (unpaired) electrons. The highest BCUT2D eigenvalue weighted by atomic mass is 16.4. The summed E-state index contributed by atoms with van der Waals surface area (Å²) in [7, 11) is 1.90. The number of carboxylic acids is 1. The Kier molecular flexibility index (Phi) is 6.39. The molecule has 2 N–H and O–H groups in total. The Balaban J connectivity index is 2.27. The second-order valence-corrected chi connectivity index (χ2v) is 5.50. The molecule has 0 spiro atoms. The van der Waals surface area contributed by atoms with Crippen molar-refractivity contribution in [3.8, 4) is 0 Å². The number of carbonyl (C=O) groups is 2. The van der Waals surface area contributed by atoms with Crippen LogP contribution < -0.4 is 5.32 Å². The third-order valence-electron chi connectivity index (χ3n) is 3.82. The van der Waals surface area contributed by atoms with E-state index in [1.807, 2.05) is 25.6 Å². The Labute approximate surface area is 125 Å². The molecule has 0 saturated heterocycles. The topological polar surface area (TPSA) is 84.2 Å². The number of hydrogen-bond donors (Lipinski definition) is 2. The molecule has 6 heteroatoms. The Bertz CT molecular complexity index is 509. The highest BCUT2D eigenvalue weighted by molar-refractivity contribution is 5.76. The van der Waals surface area contributed by atoms with Gasteiger partial charge in [-0.3, -0.25) is 14.3 Å². The quantitative estimate of drug-likeness (QED) is 0.713. The minimum Gasteiger partial charge on any atom is -0.481 e. The van der Waals surface area contributed by atoms with E-state index in [0.717, 1.165) is 17.0 Å². The number of amides is 1. The molecule has 6 nitrogen and oxygen atoms in total. The molecule has 21 heavy (non-hydrogen) atoms. The number of aliphatic carboxylic acids is 1. The molecule has 1 aromatic heterocycles. The van der Waals surface area contributed by atoms with Crippen LogP contribution in [0.25, 0.3) is 0 Å². The van der Waals surface area contributed by atoms with Crippen LogP contribution in [-0.2, 0) is 23.1 Å². The van der Waals surface area contributed by atoms with Gasteiger partial charge in [-0.15, -0.1) is 0 Å². The summed E-state index contributed by atoms with van der Waals surface area (Å²) in [6, 6.07) is 0. The molecule has 0 aliphatic heterocycles. The van der Waals surface area contributed by atoms with E-state index >= 15 is 0 Å². The van der Waals surface area contributed by atoms with Crippen molar-refractivity contribution < 1.29 is 14.7 Å². The fourth-order valence-corrected chi connectivity index (χ4v) is 2.27.